The highest BCUT2D eigenvalue weighted by Gasteiger charge is 2.51. The van der Waals surface area contributed by atoms with E-state index in [0.717, 1.165) is 45.6 Å². The molecule has 5 aromatic carbocycles. The van der Waals surface area contributed by atoms with E-state index < -0.39 is 0 Å². The summed E-state index contributed by atoms with van der Waals surface area (Å²) in [4.78, 5) is 18.6. The minimum Gasteiger partial charge on any atom is -0.238 e. The summed E-state index contributed by atoms with van der Waals surface area (Å²) < 4.78 is 0. The predicted octanol–water partition coefficient (Wildman–Crippen LogP) is 11.2. The van der Waals surface area contributed by atoms with Gasteiger partial charge in [0.25, 0.3) is 0 Å². The van der Waals surface area contributed by atoms with Crippen molar-refractivity contribution >= 4 is 5.69 Å². The zero-order valence-corrected chi connectivity index (χ0v) is 26.9. The fraction of sp³-hybridized carbons (Fsp3) is 0.227. The Morgan fingerprint density at radius 1 is 0.479 bits per heavy atom. The number of hydrogen-bond acceptors (Lipinski definition) is 3. The number of hydrogen-bond donors (Lipinski definition) is 0. The van der Waals surface area contributed by atoms with E-state index in [4.69, 9.17) is 21.5 Å². The van der Waals surface area contributed by atoms with Crippen LogP contribution in [0.1, 0.15) is 44.1 Å². The number of aromatic nitrogens is 3. The maximum Gasteiger partial charge on any atom is 0.187 e. The summed E-state index contributed by atoms with van der Waals surface area (Å²) in [5.74, 6) is 4.64. The predicted molar refractivity (Wildman–Crippen MR) is 193 cm³/mol. The molecule has 4 saturated carbocycles. The highest BCUT2D eigenvalue weighted by Crippen LogP contribution is 2.60. The molecule has 0 radical (unpaired) electrons. The van der Waals surface area contributed by atoms with Crippen molar-refractivity contribution in [2.75, 3.05) is 0 Å². The molecule has 0 spiro atoms. The van der Waals surface area contributed by atoms with Crippen molar-refractivity contribution in [1.29, 1.82) is 0 Å². The number of benzene rings is 5. The summed E-state index contributed by atoms with van der Waals surface area (Å²) in [6.45, 7) is 7.37. The van der Waals surface area contributed by atoms with E-state index >= 15 is 0 Å². The van der Waals surface area contributed by atoms with Crippen molar-refractivity contribution in [2.45, 2.75) is 43.9 Å². The van der Waals surface area contributed by atoms with Gasteiger partial charge < -0.3 is 0 Å². The third kappa shape index (κ3) is 5.20. The minimum absolute atomic E-state index is 0.398. The first kappa shape index (κ1) is 28.8. The lowest BCUT2D eigenvalue weighted by Gasteiger charge is -2.57. The highest BCUT2D eigenvalue weighted by molar-refractivity contribution is 5.86. The van der Waals surface area contributed by atoms with E-state index in [1.165, 1.54) is 49.7 Å². The van der Waals surface area contributed by atoms with E-state index in [0.29, 0.717) is 28.6 Å². The van der Waals surface area contributed by atoms with E-state index in [1.54, 1.807) is 5.56 Å². The molecule has 4 aliphatic rings. The summed E-state index contributed by atoms with van der Waals surface area (Å²) in [5.41, 5.74) is 9.88. The van der Waals surface area contributed by atoms with Gasteiger partial charge in [-0.1, -0.05) is 115 Å². The minimum atomic E-state index is 0.398. The summed E-state index contributed by atoms with van der Waals surface area (Å²) in [5, 5.41) is 0. The van der Waals surface area contributed by atoms with E-state index in [9.17, 15) is 0 Å². The molecule has 0 N–H and O–H groups in total. The second-order valence-corrected chi connectivity index (χ2v) is 14.2. The van der Waals surface area contributed by atoms with Crippen LogP contribution in [0.3, 0.4) is 0 Å². The maximum absolute atomic E-state index is 7.37. The van der Waals surface area contributed by atoms with Crippen LogP contribution in [0.2, 0.25) is 0 Å². The Bertz CT molecular complexity index is 2110. The summed E-state index contributed by atoms with van der Waals surface area (Å²) in [7, 11) is 0. The number of nitrogens with zero attached hydrogens (tertiary/aromatic N) is 4. The quantitative estimate of drug-likeness (QED) is 0.174. The van der Waals surface area contributed by atoms with Gasteiger partial charge in [-0.15, -0.1) is 0 Å². The van der Waals surface area contributed by atoms with Crippen LogP contribution in [0.5, 0.6) is 0 Å². The van der Waals surface area contributed by atoms with Crippen LogP contribution >= 0.6 is 0 Å². The van der Waals surface area contributed by atoms with Crippen molar-refractivity contribution in [2.24, 2.45) is 17.8 Å². The Kier molecular flexibility index (Phi) is 7.01. The summed E-state index contributed by atoms with van der Waals surface area (Å²) >= 11 is 0. The average molecular weight is 621 g/mol. The molecule has 6 aromatic rings. The highest BCUT2D eigenvalue weighted by atomic mass is 15.0. The standard InChI is InChI=1S/C44H36N4/c1-45-38-19-14-35(15-20-38)42-46-41(34-10-6-3-7-11-34)47-43(48-42)39-21-16-36(25-40(39)33-8-4-2-5-9-33)32-12-17-37(18-13-32)44-26-29-22-30(27-44)24-31(23-29)28-44/h2-21,25,29-31H,22-24,26-28H2. The first-order chi connectivity index (χ1) is 23.6. The third-order valence-corrected chi connectivity index (χ3v) is 11.1. The van der Waals surface area contributed by atoms with Crippen molar-refractivity contribution in [3.8, 4) is 56.4 Å². The van der Waals surface area contributed by atoms with Gasteiger partial charge in [0.15, 0.2) is 23.2 Å². The van der Waals surface area contributed by atoms with Crippen molar-refractivity contribution in [3.63, 3.8) is 0 Å². The van der Waals surface area contributed by atoms with Gasteiger partial charge in [0.2, 0.25) is 0 Å². The van der Waals surface area contributed by atoms with Crippen LogP contribution in [-0.4, -0.2) is 15.0 Å². The van der Waals surface area contributed by atoms with Gasteiger partial charge in [-0.2, -0.15) is 0 Å². The molecule has 1 heterocycles. The molecule has 0 atom stereocenters. The molecule has 232 valence electrons. The van der Waals surface area contributed by atoms with Crippen LogP contribution in [0.25, 0.3) is 61.3 Å². The zero-order valence-electron chi connectivity index (χ0n) is 26.9. The Labute approximate surface area is 282 Å². The van der Waals surface area contributed by atoms with Crippen LogP contribution in [0, 0.1) is 24.3 Å². The second-order valence-electron chi connectivity index (χ2n) is 14.2. The molecule has 10 rings (SSSR count). The van der Waals surface area contributed by atoms with Crippen molar-refractivity contribution < 1.29 is 0 Å². The fourth-order valence-corrected chi connectivity index (χ4v) is 9.28. The van der Waals surface area contributed by atoms with Crippen LogP contribution < -0.4 is 0 Å². The largest absolute Gasteiger partial charge is 0.238 e. The first-order valence-corrected chi connectivity index (χ1v) is 17.2. The Morgan fingerprint density at radius 2 is 0.979 bits per heavy atom. The molecule has 0 saturated heterocycles. The average Bonchev–Trinajstić information content (AvgIpc) is 3.15. The lowest BCUT2D eigenvalue weighted by Crippen LogP contribution is -2.48. The van der Waals surface area contributed by atoms with Crippen LogP contribution in [0.4, 0.5) is 5.69 Å². The van der Waals surface area contributed by atoms with Gasteiger partial charge in [-0.3, -0.25) is 0 Å². The Hall–Kier alpha value is -5.40. The molecular formula is C44H36N4. The molecule has 4 heteroatoms. The molecule has 0 unspecified atom stereocenters. The molecular weight excluding hydrogens is 585 g/mol. The molecule has 4 bridgehead atoms. The van der Waals surface area contributed by atoms with E-state index in [-0.39, 0.29) is 0 Å². The summed E-state index contributed by atoms with van der Waals surface area (Å²) in [6.07, 6.45) is 8.55. The SMILES string of the molecule is [C-]#[N+]c1ccc(-c2nc(-c3ccccc3)nc(-c3ccc(-c4ccc(C56CC7CC(CC(C7)C5)C6)cc4)cc3-c3ccccc3)n2)cc1. The third-order valence-electron chi connectivity index (χ3n) is 11.1. The molecule has 4 aliphatic carbocycles. The van der Waals surface area contributed by atoms with E-state index in [2.05, 4.69) is 77.6 Å². The maximum atomic E-state index is 7.37. The van der Waals surface area contributed by atoms with Gasteiger partial charge in [-0.05, 0) is 102 Å². The van der Waals surface area contributed by atoms with Crippen molar-refractivity contribution in [3.05, 3.63) is 144 Å². The molecule has 0 amide bonds. The monoisotopic (exact) mass is 620 g/mol. The molecule has 1 aromatic heterocycles. The van der Waals surface area contributed by atoms with Crippen molar-refractivity contribution in [1.82, 2.24) is 15.0 Å². The topological polar surface area (TPSA) is 43.0 Å². The van der Waals surface area contributed by atoms with Gasteiger partial charge in [0.05, 0.1) is 6.57 Å². The molecule has 4 fully saturated rings. The van der Waals surface area contributed by atoms with E-state index in [1.807, 2.05) is 54.6 Å². The molecule has 0 aliphatic heterocycles. The number of rotatable bonds is 6. The van der Waals surface area contributed by atoms with Gasteiger partial charge >= 0.3 is 0 Å². The van der Waals surface area contributed by atoms with Gasteiger partial charge in [0, 0.05) is 16.7 Å². The lowest BCUT2D eigenvalue weighted by atomic mass is 9.48. The van der Waals surface area contributed by atoms with Gasteiger partial charge in [-0.25, -0.2) is 19.8 Å². The summed E-state index contributed by atoms with van der Waals surface area (Å²) in [6, 6.07) is 44.3. The Morgan fingerprint density at radius 3 is 1.56 bits per heavy atom. The lowest BCUT2D eigenvalue weighted by molar-refractivity contribution is -0.00518. The molecule has 4 nitrogen and oxygen atoms in total. The van der Waals surface area contributed by atoms with Crippen LogP contribution in [-0.2, 0) is 5.41 Å². The zero-order chi connectivity index (χ0) is 32.1. The van der Waals surface area contributed by atoms with Crippen LogP contribution in [0.15, 0.2) is 127 Å². The fourth-order valence-electron chi connectivity index (χ4n) is 9.28. The Balaban J connectivity index is 1.14. The molecule has 48 heavy (non-hydrogen) atoms. The first-order valence-electron chi connectivity index (χ1n) is 17.2. The normalized spacial score (nSPS) is 22.4. The second kappa shape index (κ2) is 11.7. The van der Waals surface area contributed by atoms with Gasteiger partial charge in [0.1, 0.15) is 0 Å². The smallest absolute Gasteiger partial charge is 0.187 e.